The summed E-state index contributed by atoms with van der Waals surface area (Å²) in [6, 6.07) is 0. The van der Waals surface area contributed by atoms with E-state index in [0.717, 1.165) is 19.3 Å². The number of allylic oxidation sites excluding steroid dienone is 2. The Kier molecular flexibility index (Phi) is 6.05. The van der Waals surface area contributed by atoms with E-state index in [-0.39, 0.29) is 46.8 Å². The van der Waals surface area contributed by atoms with Crippen LogP contribution in [0.3, 0.4) is 0 Å². The molecule has 1 fully saturated rings. The summed E-state index contributed by atoms with van der Waals surface area (Å²) in [5, 5.41) is 21.4. The van der Waals surface area contributed by atoms with E-state index in [1.54, 1.807) is 0 Å². The van der Waals surface area contributed by atoms with Crippen LogP contribution in [-0.2, 0) is 9.53 Å². The van der Waals surface area contributed by atoms with Gasteiger partial charge in [0.1, 0.15) is 6.10 Å². The number of ether oxygens (including phenoxy) is 1. The Balaban J connectivity index is 0.00000200. The second-order valence-corrected chi connectivity index (χ2v) is 5.89. The Labute approximate surface area is 142 Å². The minimum Gasteiger partial charge on any atom is -0.545 e. The largest absolute Gasteiger partial charge is 1.00 e. The molecule has 0 spiro atoms. The monoisotopic (exact) mass is 288 g/mol. The number of carboxylic acids is 1. The number of hydrogen-bond acceptors (Lipinski definition) is 4. The van der Waals surface area contributed by atoms with Crippen LogP contribution < -0.4 is 34.7 Å². The topological polar surface area (TPSA) is 72.9 Å². The fraction of sp³-hybridized carbons (Fsp3) is 0.667. The van der Waals surface area contributed by atoms with Crippen LogP contribution in [0.25, 0.3) is 0 Å². The number of hydrogen-bond donors (Lipinski definition) is 1. The Hall–Kier alpha value is -0.130. The number of aliphatic carboxylic acids is 1. The molecule has 2 aliphatic rings. The molecule has 0 bridgehead atoms. The van der Waals surface area contributed by atoms with Gasteiger partial charge < -0.3 is 19.7 Å². The van der Waals surface area contributed by atoms with Crippen LogP contribution in [0.2, 0.25) is 0 Å². The zero-order chi connectivity index (χ0) is 14.2. The van der Waals surface area contributed by atoms with E-state index in [2.05, 4.69) is 12.7 Å². The molecular weight excluding hydrogens is 267 g/mol. The van der Waals surface area contributed by atoms with Crippen molar-refractivity contribution >= 4 is 5.97 Å². The van der Waals surface area contributed by atoms with E-state index < -0.39 is 18.0 Å². The average molecular weight is 288 g/mol. The first kappa shape index (κ1) is 17.9. The third-order valence-electron chi connectivity index (χ3n) is 4.36. The minimum absolute atomic E-state index is 0. The summed E-state index contributed by atoms with van der Waals surface area (Å²) in [7, 11) is 0. The maximum atomic E-state index is 11.0. The molecule has 106 valence electrons. The van der Waals surface area contributed by atoms with Crippen molar-refractivity contribution in [3.05, 3.63) is 23.8 Å². The number of carbonyl (C=O) groups is 1. The Bertz CT molecular complexity index is 432. The summed E-state index contributed by atoms with van der Waals surface area (Å²) >= 11 is 0. The summed E-state index contributed by atoms with van der Waals surface area (Å²) < 4.78 is 5.61. The molecule has 5 heteroatoms. The number of carboxylic acid groups (broad SMARTS) is 1. The Morgan fingerprint density at radius 1 is 1.60 bits per heavy atom. The molecule has 0 amide bonds. The molecule has 0 radical (unpaired) electrons. The fourth-order valence-corrected chi connectivity index (χ4v) is 2.89. The van der Waals surface area contributed by atoms with Crippen LogP contribution in [0.5, 0.6) is 0 Å². The van der Waals surface area contributed by atoms with Crippen molar-refractivity contribution in [3.8, 4) is 0 Å². The van der Waals surface area contributed by atoms with E-state index in [0.29, 0.717) is 6.42 Å². The molecule has 0 saturated carbocycles. The van der Waals surface area contributed by atoms with Crippen molar-refractivity contribution in [2.75, 3.05) is 0 Å². The molecular formula is C15H21NaO4. The van der Waals surface area contributed by atoms with Gasteiger partial charge in [-0.05, 0) is 45.1 Å². The first-order chi connectivity index (χ1) is 8.85. The van der Waals surface area contributed by atoms with Crippen LogP contribution in [0, 0.1) is 5.92 Å². The smallest absolute Gasteiger partial charge is 0.545 e. The van der Waals surface area contributed by atoms with Crippen LogP contribution in [0.4, 0.5) is 0 Å². The molecule has 0 aromatic carbocycles. The Morgan fingerprint density at radius 2 is 2.25 bits per heavy atom. The molecule has 1 heterocycles. The molecule has 0 aromatic rings. The van der Waals surface area contributed by atoms with Crippen molar-refractivity contribution in [2.24, 2.45) is 5.92 Å². The molecule has 0 unspecified atom stereocenters. The van der Waals surface area contributed by atoms with Gasteiger partial charge in [0.05, 0.1) is 17.7 Å². The number of fused-ring (bicyclic) bond motifs is 1. The van der Waals surface area contributed by atoms with Crippen LogP contribution >= 0.6 is 0 Å². The fourth-order valence-electron chi connectivity index (χ4n) is 2.89. The zero-order valence-corrected chi connectivity index (χ0v) is 14.5. The van der Waals surface area contributed by atoms with Gasteiger partial charge in [0.15, 0.2) is 0 Å². The molecule has 20 heavy (non-hydrogen) atoms. The predicted molar refractivity (Wildman–Crippen MR) is 69.1 cm³/mol. The van der Waals surface area contributed by atoms with Gasteiger partial charge in [-0.25, -0.2) is 0 Å². The zero-order valence-electron chi connectivity index (χ0n) is 12.5. The first-order valence-corrected chi connectivity index (χ1v) is 6.77. The van der Waals surface area contributed by atoms with E-state index in [9.17, 15) is 15.0 Å². The van der Waals surface area contributed by atoms with Gasteiger partial charge in [-0.3, -0.25) is 0 Å². The third-order valence-corrected chi connectivity index (χ3v) is 4.36. The van der Waals surface area contributed by atoms with Crippen LogP contribution in [0.1, 0.15) is 39.5 Å². The standard InChI is InChI=1S/C15H22O4.Na/c1-9-5-4-8-15(3)13(19-15)12(16)11(7-6-9)10(2)14(17)18;/h5,11-13,16H,2,4,6-8H2,1,3H3,(H,17,18);/q;+1/p-1/b9-5+;/t11-,12-,13-,15+;/m0./s1. The van der Waals surface area contributed by atoms with E-state index in [1.807, 2.05) is 13.8 Å². The molecule has 1 aliphatic heterocycles. The second-order valence-electron chi connectivity index (χ2n) is 5.89. The third kappa shape index (κ3) is 3.74. The second kappa shape index (κ2) is 6.75. The molecule has 4 nitrogen and oxygen atoms in total. The van der Waals surface area contributed by atoms with Gasteiger partial charge in [0.25, 0.3) is 0 Å². The van der Waals surface area contributed by atoms with Crippen LogP contribution in [0.15, 0.2) is 23.8 Å². The summed E-state index contributed by atoms with van der Waals surface area (Å²) in [6.07, 6.45) is 4.15. The van der Waals surface area contributed by atoms with Crippen molar-refractivity contribution in [1.29, 1.82) is 0 Å². The van der Waals surface area contributed by atoms with Gasteiger partial charge in [-0.15, -0.1) is 0 Å². The maximum absolute atomic E-state index is 11.0. The molecule has 1 aliphatic carbocycles. The normalized spacial score (nSPS) is 39.5. The summed E-state index contributed by atoms with van der Waals surface area (Å²) in [4.78, 5) is 11.0. The van der Waals surface area contributed by atoms with Gasteiger partial charge in [0.2, 0.25) is 0 Å². The number of epoxide rings is 1. The van der Waals surface area contributed by atoms with Crippen molar-refractivity contribution in [1.82, 2.24) is 0 Å². The molecule has 4 atom stereocenters. The molecule has 1 N–H and O–H groups in total. The van der Waals surface area contributed by atoms with Gasteiger partial charge in [-0.2, -0.15) is 0 Å². The van der Waals surface area contributed by atoms with Crippen LogP contribution in [-0.4, -0.2) is 28.9 Å². The van der Waals surface area contributed by atoms with Crippen molar-refractivity contribution < 1.29 is 49.3 Å². The van der Waals surface area contributed by atoms with Gasteiger partial charge in [0, 0.05) is 5.92 Å². The van der Waals surface area contributed by atoms with Crippen molar-refractivity contribution in [2.45, 2.75) is 57.3 Å². The summed E-state index contributed by atoms with van der Waals surface area (Å²) in [6.45, 7) is 7.55. The molecule has 1 saturated heterocycles. The summed E-state index contributed by atoms with van der Waals surface area (Å²) in [5.74, 6) is -1.79. The molecule has 2 rings (SSSR count). The molecule has 0 aromatic heterocycles. The summed E-state index contributed by atoms with van der Waals surface area (Å²) in [5.41, 5.74) is 0.850. The Morgan fingerprint density at radius 3 is 2.85 bits per heavy atom. The number of rotatable bonds is 2. The van der Waals surface area contributed by atoms with Gasteiger partial charge in [-0.1, -0.05) is 18.2 Å². The minimum atomic E-state index is -1.29. The average Bonchev–Trinajstić information content (AvgIpc) is 3.00. The first-order valence-electron chi connectivity index (χ1n) is 6.77. The van der Waals surface area contributed by atoms with Crippen molar-refractivity contribution in [3.63, 3.8) is 0 Å². The number of aliphatic hydroxyl groups is 1. The van der Waals surface area contributed by atoms with E-state index in [4.69, 9.17) is 4.74 Å². The van der Waals surface area contributed by atoms with E-state index >= 15 is 0 Å². The predicted octanol–water partition coefficient (Wildman–Crippen LogP) is -2.05. The van der Waals surface area contributed by atoms with E-state index in [1.165, 1.54) is 5.57 Å². The quantitative estimate of drug-likeness (QED) is 0.275. The number of carbonyl (C=O) groups excluding carboxylic acids is 1. The number of aliphatic hydroxyl groups excluding tert-OH is 1. The maximum Gasteiger partial charge on any atom is 1.00 e. The van der Waals surface area contributed by atoms with Gasteiger partial charge >= 0.3 is 29.6 Å². The SMILES string of the molecule is C=C(C(=O)[O-])[C@@H]1CC/C(C)=C/CC[C@@]2(C)O[C@H]2[C@H]1O.[Na+].